The molecule has 0 bridgehead atoms. The fraction of sp³-hybridized carbons (Fsp3) is 0.118. The highest BCUT2D eigenvalue weighted by atomic mass is 32.2. The van der Waals surface area contributed by atoms with E-state index in [2.05, 4.69) is 9.82 Å². The Kier molecular flexibility index (Phi) is 4.83. The zero-order valence-electron chi connectivity index (χ0n) is 13.9. The van der Waals surface area contributed by atoms with Crippen molar-refractivity contribution < 1.29 is 13.3 Å². The lowest BCUT2D eigenvalue weighted by Gasteiger charge is -2.10. The zero-order valence-corrected chi connectivity index (χ0v) is 14.7. The average molecular weight is 372 g/mol. The van der Waals surface area contributed by atoms with E-state index in [1.54, 1.807) is 35.3 Å². The molecule has 0 saturated heterocycles. The summed E-state index contributed by atoms with van der Waals surface area (Å²) in [5, 5.41) is 15.3. The van der Waals surface area contributed by atoms with Gasteiger partial charge in [-0.25, -0.2) is 17.8 Å². The third kappa shape index (κ3) is 3.63. The molecule has 2 aromatic carbocycles. The largest absolute Gasteiger partial charge is 0.289 e. The number of nitro benzene ring substituents is 1. The normalized spacial score (nSPS) is 11.4. The van der Waals surface area contributed by atoms with Gasteiger partial charge in [0.05, 0.1) is 10.6 Å². The number of sulfonamides is 1. The van der Waals surface area contributed by atoms with Crippen LogP contribution in [0.5, 0.6) is 0 Å². The van der Waals surface area contributed by atoms with Crippen molar-refractivity contribution >= 4 is 15.7 Å². The second-order valence-corrected chi connectivity index (χ2v) is 7.33. The smallest absolute Gasteiger partial charge is 0.258 e. The number of nitrogens with zero attached hydrogens (tertiary/aromatic N) is 3. The molecule has 0 saturated carbocycles. The number of rotatable bonds is 6. The molecule has 0 amide bonds. The lowest BCUT2D eigenvalue weighted by atomic mass is 10.2. The maximum Gasteiger partial charge on any atom is 0.289 e. The van der Waals surface area contributed by atoms with Gasteiger partial charge in [0.15, 0.2) is 4.90 Å². The van der Waals surface area contributed by atoms with Crippen LogP contribution in [0, 0.1) is 17.0 Å². The highest BCUT2D eigenvalue weighted by Crippen LogP contribution is 2.26. The molecule has 0 fully saturated rings. The molecule has 1 N–H and O–H groups in total. The van der Waals surface area contributed by atoms with Crippen LogP contribution >= 0.6 is 0 Å². The van der Waals surface area contributed by atoms with Crippen molar-refractivity contribution in [3.8, 4) is 5.69 Å². The zero-order chi connectivity index (χ0) is 18.7. The second kappa shape index (κ2) is 7.06. The minimum Gasteiger partial charge on any atom is -0.258 e. The first-order chi connectivity index (χ1) is 12.4. The maximum absolute atomic E-state index is 12.6. The van der Waals surface area contributed by atoms with Gasteiger partial charge in [-0.15, -0.1) is 0 Å². The Morgan fingerprint density at radius 2 is 1.88 bits per heavy atom. The number of hydrogen-bond donors (Lipinski definition) is 1. The molecule has 0 radical (unpaired) electrons. The molecule has 0 aliphatic carbocycles. The topological polar surface area (TPSA) is 107 Å². The molecule has 0 atom stereocenters. The van der Waals surface area contributed by atoms with Gasteiger partial charge in [0.1, 0.15) is 0 Å². The summed E-state index contributed by atoms with van der Waals surface area (Å²) >= 11 is 0. The second-order valence-electron chi connectivity index (χ2n) is 5.62. The monoisotopic (exact) mass is 372 g/mol. The van der Waals surface area contributed by atoms with Gasteiger partial charge in [0.2, 0.25) is 10.0 Å². The average Bonchev–Trinajstić information content (AvgIpc) is 3.14. The molecule has 0 aliphatic heterocycles. The van der Waals surface area contributed by atoms with Gasteiger partial charge in [-0.05, 0) is 36.2 Å². The Labute approximate surface area is 150 Å². The predicted molar refractivity (Wildman–Crippen MR) is 95.4 cm³/mol. The van der Waals surface area contributed by atoms with Gasteiger partial charge >= 0.3 is 0 Å². The van der Waals surface area contributed by atoms with Crippen LogP contribution in [-0.2, 0) is 16.6 Å². The van der Waals surface area contributed by atoms with Crippen LogP contribution in [0.25, 0.3) is 5.69 Å². The van der Waals surface area contributed by atoms with Gasteiger partial charge in [-0.1, -0.05) is 24.3 Å². The first kappa shape index (κ1) is 17.8. The van der Waals surface area contributed by atoms with Crippen molar-refractivity contribution in [2.45, 2.75) is 18.4 Å². The lowest BCUT2D eigenvalue weighted by molar-refractivity contribution is -0.387. The van der Waals surface area contributed by atoms with Gasteiger partial charge < -0.3 is 0 Å². The van der Waals surface area contributed by atoms with Crippen molar-refractivity contribution in [1.29, 1.82) is 0 Å². The first-order valence-electron chi connectivity index (χ1n) is 7.71. The van der Waals surface area contributed by atoms with Gasteiger partial charge in [-0.3, -0.25) is 10.1 Å². The van der Waals surface area contributed by atoms with E-state index in [1.807, 2.05) is 12.1 Å². The van der Waals surface area contributed by atoms with E-state index in [-0.39, 0.29) is 11.4 Å². The molecule has 134 valence electrons. The quantitative estimate of drug-likeness (QED) is 0.528. The lowest BCUT2D eigenvalue weighted by Crippen LogP contribution is -2.25. The maximum atomic E-state index is 12.6. The summed E-state index contributed by atoms with van der Waals surface area (Å²) in [5.41, 5.74) is 1.45. The van der Waals surface area contributed by atoms with Crippen molar-refractivity contribution in [2.24, 2.45) is 0 Å². The molecule has 26 heavy (non-hydrogen) atoms. The third-order valence-electron chi connectivity index (χ3n) is 3.83. The van der Waals surface area contributed by atoms with Crippen LogP contribution in [-0.4, -0.2) is 23.1 Å². The number of hydrogen-bond acceptors (Lipinski definition) is 5. The SMILES string of the molecule is Cc1cccc([N+](=O)[O-])c1S(=O)(=O)NCc1ccc(-n2cccn2)cc1. The van der Waals surface area contributed by atoms with E-state index < -0.39 is 20.6 Å². The number of nitro groups is 1. The molecule has 1 aromatic heterocycles. The summed E-state index contributed by atoms with van der Waals surface area (Å²) in [6, 6.07) is 13.1. The minimum atomic E-state index is -4.03. The van der Waals surface area contributed by atoms with E-state index in [0.29, 0.717) is 5.56 Å². The Hall–Kier alpha value is -3.04. The molecular formula is C17H16N4O4S. The molecule has 0 spiro atoms. The highest BCUT2D eigenvalue weighted by molar-refractivity contribution is 7.89. The standard InChI is InChI=1S/C17H16N4O4S/c1-13-4-2-5-16(21(22)23)17(13)26(24,25)19-12-14-6-8-15(9-7-14)20-11-3-10-18-20/h2-11,19H,12H2,1H3. The Morgan fingerprint density at radius 1 is 1.15 bits per heavy atom. The Bertz CT molecular complexity index is 1030. The minimum absolute atomic E-state index is 0.0210. The van der Waals surface area contributed by atoms with Gasteiger partial charge in [0.25, 0.3) is 5.69 Å². The van der Waals surface area contributed by atoms with Crippen LogP contribution in [0.2, 0.25) is 0 Å². The fourth-order valence-corrected chi connectivity index (χ4v) is 3.98. The number of nitrogens with one attached hydrogen (secondary N) is 1. The summed E-state index contributed by atoms with van der Waals surface area (Å²) in [6.45, 7) is 1.55. The molecule has 0 aliphatic rings. The summed E-state index contributed by atoms with van der Waals surface area (Å²) in [4.78, 5) is 10.1. The van der Waals surface area contributed by atoms with Crippen LogP contribution in [0.15, 0.2) is 65.8 Å². The molecule has 1 heterocycles. The fourth-order valence-electron chi connectivity index (χ4n) is 2.57. The highest BCUT2D eigenvalue weighted by Gasteiger charge is 2.27. The van der Waals surface area contributed by atoms with Crippen molar-refractivity contribution in [2.75, 3.05) is 0 Å². The summed E-state index contributed by atoms with van der Waals surface area (Å²) in [5.74, 6) is 0. The molecule has 0 unspecified atom stereocenters. The van der Waals surface area contributed by atoms with Crippen LogP contribution in [0.1, 0.15) is 11.1 Å². The van der Waals surface area contributed by atoms with Crippen LogP contribution in [0.4, 0.5) is 5.69 Å². The van der Waals surface area contributed by atoms with Crippen LogP contribution < -0.4 is 4.72 Å². The van der Waals surface area contributed by atoms with E-state index in [0.717, 1.165) is 11.3 Å². The number of aromatic nitrogens is 2. The van der Waals surface area contributed by atoms with Crippen molar-refractivity contribution in [3.05, 3.63) is 82.2 Å². The van der Waals surface area contributed by atoms with Crippen molar-refractivity contribution in [1.82, 2.24) is 14.5 Å². The molecular weight excluding hydrogens is 356 g/mol. The summed E-state index contributed by atoms with van der Waals surface area (Å²) in [6.07, 6.45) is 3.46. The molecule has 3 aromatic rings. The molecule has 3 rings (SSSR count). The van der Waals surface area contributed by atoms with E-state index in [9.17, 15) is 18.5 Å². The summed E-state index contributed by atoms with van der Waals surface area (Å²) in [7, 11) is -4.03. The van der Waals surface area contributed by atoms with Crippen LogP contribution in [0.3, 0.4) is 0 Å². The predicted octanol–water partition coefficient (Wildman–Crippen LogP) is 2.57. The van der Waals surface area contributed by atoms with Crippen molar-refractivity contribution in [3.63, 3.8) is 0 Å². The van der Waals surface area contributed by atoms with E-state index in [1.165, 1.54) is 25.1 Å². The van der Waals surface area contributed by atoms with Gasteiger partial charge in [-0.2, -0.15) is 5.10 Å². The molecule has 9 heteroatoms. The molecule has 8 nitrogen and oxygen atoms in total. The van der Waals surface area contributed by atoms with E-state index in [4.69, 9.17) is 0 Å². The van der Waals surface area contributed by atoms with E-state index >= 15 is 0 Å². The summed E-state index contributed by atoms with van der Waals surface area (Å²) < 4.78 is 29.3. The van der Waals surface area contributed by atoms with Gasteiger partial charge in [0, 0.05) is 25.0 Å². The Morgan fingerprint density at radius 3 is 2.50 bits per heavy atom. The number of aryl methyl sites for hydroxylation is 1. The number of benzene rings is 2. The third-order valence-corrected chi connectivity index (χ3v) is 5.42. The Balaban J connectivity index is 1.80. The first-order valence-corrected chi connectivity index (χ1v) is 9.19.